The quantitative estimate of drug-likeness (QED) is 0.373. The van der Waals surface area contributed by atoms with Crippen molar-refractivity contribution in [1.29, 1.82) is 0 Å². The molecule has 0 atom stereocenters. The van der Waals surface area contributed by atoms with Gasteiger partial charge in [0.2, 0.25) is 0 Å². The summed E-state index contributed by atoms with van der Waals surface area (Å²) in [4.78, 5) is 13.4. The predicted octanol–water partition coefficient (Wildman–Crippen LogP) is 5.97. The first-order valence-electron chi connectivity index (χ1n) is 15.0. The van der Waals surface area contributed by atoms with E-state index in [1.807, 2.05) is 0 Å². The molecule has 0 amide bonds. The number of benzene rings is 2. The van der Waals surface area contributed by atoms with E-state index in [0.717, 1.165) is 42.3 Å². The van der Waals surface area contributed by atoms with Crippen molar-refractivity contribution in [3.8, 4) is 11.5 Å². The van der Waals surface area contributed by atoms with Gasteiger partial charge in [0.1, 0.15) is 5.75 Å². The van der Waals surface area contributed by atoms with Crippen molar-refractivity contribution >= 4 is 5.97 Å². The zero-order valence-electron chi connectivity index (χ0n) is 29.5. The van der Waals surface area contributed by atoms with E-state index in [2.05, 4.69) is 131 Å². The van der Waals surface area contributed by atoms with E-state index >= 15 is 0 Å². The molecule has 0 aliphatic rings. The van der Waals surface area contributed by atoms with Crippen LogP contribution < -0.4 is 10.2 Å². The number of carbonyl (C=O) groups excluding carboxylic acids is 1. The zero-order chi connectivity index (χ0) is 33.0. The van der Waals surface area contributed by atoms with Crippen molar-refractivity contribution < 1.29 is 37.2 Å². The fraction of sp³-hybridized carbons (Fsp3) is 0.639. The molecule has 43 heavy (non-hydrogen) atoms. The van der Waals surface area contributed by atoms with Crippen molar-refractivity contribution in [2.45, 2.75) is 125 Å². The third-order valence-electron chi connectivity index (χ3n) is 7.35. The Bertz CT molecular complexity index is 1120. The van der Waals surface area contributed by atoms with Crippen molar-refractivity contribution in [1.82, 2.24) is 9.80 Å². The van der Waals surface area contributed by atoms with Crippen LogP contribution in [0.1, 0.15) is 123 Å². The van der Waals surface area contributed by atoms with Crippen LogP contribution in [0.15, 0.2) is 24.3 Å². The van der Waals surface area contributed by atoms with Gasteiger partial charge < -0.3 is 25.0 Å². The first-order valence-corrected chi connectivity index (χ1v) is 15.0. The van der Waals surface area contributed by atoms with Gasteiger partial charge in [0.05, 0.1) is 0 Å². The van der Waals surface area contributed by atoms with Crippen molar-refractivity contribution in [3.05, 3.63) is 57.6 Å². The second-order valence-corrected chi connectivity index (χ2v) is 16.0. The van der Waals surface area contributed by atoms with Gasteiger partial charge in [0, 0.05) is 37.7 Å². The minimum atomic E-state index is -1.08. The second kappa shape index (κ2) is 15.3. The van der Waals surface area contributed by atoms with Gasteiger partial charge in [-0.2, -0.15) is 0 Å². The summed E-state index contributed by atoms with van der Waals surface area (Å²) in [5, 5.41) is 34.1. The number of carboxylic acid groups (broad SMARTS) is 1. The fourth-order valence-corrected chi connectivity index (χ4v) is 4.65. The van der Waals surface area contributed by atoms with Gasteiger partial charge in [-0.3, -0.25) is 4.90 Å². The number of nitrogens with zero attached hydrogens (tertiary/aromatic N) is 2. The smallest absolute Gasteiger partial charge is 0.872 e. The van der Waals surface area contributed by atoms with E-state index in [9.17, 15) is 10.2 Å². The third kappa shape index (κ3) is 12.8. The Morgan fingerprint density at radius 3 is 1.44 bits per heavy atom. The van der Waals surface area contributed by atoms with E-state index in [1.165, 1.54) is 11.1 Å². The number of aromatic hydroxyl groups is 1. The first-order chi connectivity index (χ1) is 18.7. The van der Waals surface area contributed by atoms with E-state index in [4.69, 9.17) is 9.90 Å². The van der Waals surface area contributed by atoms with Gasteiger partial charge in [-0.25, -0.2) is 0 Å². The maximum Gasteiger partial charge on any atom is 2.00 e. The molecule has 0 aromatic heterocycles. The summed E-state index contributed by atoms with van der Waals surface area (Å²) >= 11 is 0. The van der Waals surface area contributed by atoms with Crippen LogP contribution in [-0.4, -0.2) is 48.1 Å². The summed E-state index contributed by atoms with van der Waals surface area (Å²) in [5.41, 5.74) is 5.51. The summed E-state index contributed by atoms with van der Waals surface area (Å²) in [6, 6.07) is 8.56. The van der Waals surface area contributed by atoms with Gasteiger partial charge in [0.15, 0.2) is 0 Å². The Balaban J connectivity index is 0.00000331. The van der Waals surface area contributed by atoms with Crippen LogP contribution >= 0.6 is 0 Å². The van der Waals surface area contributed by atoms with E-state index in [1.54, 1.807) is 0 Å². The zero-order valence-corrected chi connectivity index (χ0v) is 30.4. The normalized spacial score (nSPS) is 12.6. The molecule has 0 aliphatic carbocycles. The van der Waals surface area contributed by atoms with Crippen LogP contribution in [0, 0.1) is 0 Å². The van der Waals surface area contributed by atoms with E-state index < -0.39 is 5.97 Å². The number of rotatable bonds is 7. The number of carbonyl (C=O) groups is 1. The topological polar surface area (TPSA) is 89.9 Å². The summed E-state index contributed by atoms with van der Waals surface area (Å²) in [6.07, 6.45) is 0. The molecular weight excluding hydrogens is 588 g/mol. The number of phenols is 1. The predicted molar refractivity (Wildman–Crippen MR) is 172 cm³/mol. The first kappa shape index (κ1) is 40.9. The molecule has 0 unspecified atom stereocenters. The van der Waals surface area contributed by atoms with Crippen molar-refractivity contribution in [2.75, 3.05) is 27.2 Å². The summed E-state index contributed by atoms with van der Waals surface area (Å²) in [5.74, 6) is -0.565. The van der Waals surface area contributed by atoms with Gasteiger partial charge in [-0.15, -0.1) is 5.75 Å². The molecule has 0 saturated carbocycles. The van der Waals surface area contributed by atoms with E-state index in [-0.39, 0.29) is 44.5 Å². The van der Waals surface area contributed by atoms with Crippen LogP contribution in [0.4, 0.5) is 0 Å². The minimum absolute atomic E-state index is 0. The summed E-state index contributed by atoms with van der Waals surface area (Å²) in [7, 11) is 4.15. The Morgan fingerprint density at radius 1 is 0.698 bits per heavy atom. The van der Waals surface area contributed by atoms with Gasteiger partial charge in [0.25, 0.3) is 0 Å². The van der Waals surface area contributed by atoms with Crippen LogP contribution in [0.3, 0.4) is 0 Å². The van der Waals surface area contributed by atoms with Crippen molar-refractivity contribution in [3.63, 3.8) is 0 Å². The van der Waals surface area contributed by atoms with Gasteiger partial charge >= 0.3 is 17.1 Å². The minimum Gasteiger partial charge on any atom is -0.872 e. The Hall–Kier alpha value is -2.05. The molecule has 2 aromatic rings. The van der Waals surface area contributed by atoms with Crippen LogP contribution in [0.2, 0.25) is 0 Å². The Morgan fingerprint density at radius 2 is 1.07 bits per heavy atom. The number of phenolic OH excluding ortho intramolecular Hbond substituents is 1. The fourth-order valence-electron chi connectivity index (χ4n) is 4.65. The molecule has 0 aliphatic heterocycles. The molecule has 2 rings (SSSR count). The largest absolute Gasteiger partial charge is 2.00 e. The van der Waals surface area contributed by atoms with Crippen LogP contribution in [0.5, 0.6) is 11.5 Å². The molecule has 0 heterocycles. The average Bonchev–Trinajstić information content (AvgIpc) is 2.76. The molecule has 1 N–H and O–H groups in total. The molecule has 0 saturated heterocycles. The van der Waals surface area contributed by atoms with Gasteiger partial charge in [-0.1, -0.05) is 107 Å². The summed E-state index contributed by atoms with van der Waals surface area (Å²) < 4.78 is 0. The molecule has 6 nitrogen and oxygen atoms in total. The molecule has 7 heteroatoms. The van der Waals surface area contributed by atoms with Crippen LogP contribution in [0.25, 0.3) is 0 Å². The van der Waals surface area contributed by atoms with Gasteiger partial charge in [-0.05, 0) is 70.5 Å². The number of carboxylic acids is 1. The Labute approximate surface area is 273 Å². The van der Waals surface area contributed by atoms with Crippen LogP contribution in [-0.2, 0) is 56.6 Å². The van der Waals surface area contributed by atoms with E-state index in [0.29, 0.717) is 18.8 Å². The number of likely N-dealkylation sites (N-methyl/N-ethyl adjacent to an activating group) is 1. The third-order valence-corrected chi connectivity index (χ3v) is 7.35. The Kier molecular flexibility index (Phi) is 14.6. The molecule has 247 valence electrons. The average molecular weight is 646 g/mol. The molecule has 0 spiro atoms. The summed E-state index contributed by atoms with van der Waals surface area (Å²) in [6.45, 7) is 29.8. The molecule has 0 bridgehead atoms. The molecular formula is C36H58CuN2O4. The molecule has 0 fully saturated rings. The molecule has 2 aromatic carbocycles. The maximum absolute atomic E-state index is 13.8. The standard InChI is InChI=1S/C34H56N2O2.C2H4O2.Cu/c1-31(2,3)25-17-23(29(37)27(19-25)33(7,8)9)21-36(16-15-35(13)14)22-24-18-26(32(4,5)6)20-28(30(24)38)34(10,11)12;1-2(3)4;/h17-20,37-38H,15-16,21-22H2,1-14H3;1H3,(H,3,4);/q;;+2/p-2. The second-order valence-electron chi connectivity index (χ2n) is 16.0. The monoisotopic (exact) mass is 645 g/mol. The maximum atomic E-state index is 13.8. The number of hydrogen-bond acceptors (Lipinski definition) is 6. The SMILES string of the molecule is CC(=O)[O-].CN(C)CCN(Cc1cc(C(C)(C)C)cc(C(C)(C)C)c1[O-])Cc1cc(C(C)(C)C)cc(C(C)(C)C)c1O.[Cu+2]. The number of hydrogen-bond donors (Lipinski definition) is 1. The van der Waals surface area contributed by atoms with Crippen molar-refractivity contribution in [2.24, 2.45) is 0 Å². The molecule has 1 radical (unpaired) electrons. The number of aliphatic carboxylic acids is 1.